The molecule has 0 spiro atoms. The van der Waals surface area contributed by atoms with Gasteiger partial charge in [-0.05, 0) is 20.8 Å². The first kappa shape index (κ1) is 15.5. The zero-order chi connectivity index (χ0) is 15.7. The summed E-state index contributed by atoms with van der Waals surface area (Å²) in [5, 5.41) is 4.17. The first-order valence-corrected chi connectivity index (χ1v) is 7.59. The van der Waals surface area contributed by atoms with E-state index in [1.807, 2.05) is 32.9 Å². The second-order valence-electron chi connectivity index (χ2n) is 5.15. The first-order valence-electron chi connectivity index (χ1n) is 6.44. The van der Waals surface area contributed by atoms with Crippen molar-refractivity contribution < 1.29 is 9.35 Å². The lowest BCUT2D eigenvalue weighted by atomic mass is 10.1. The Labute approximate surface area is 127 Å². The molecule has 21 heavy (non-hydrogen) atoms. The van der Waals surface area contributed by atoms with Crippen molar-refractivity contribution in [3.8, 4) is 0 Å². The summed E-state index contributed by atoms with van der Waals surface area (Å²) in [6, 6.07) is 3.62. The molecule has 112 valence electrons. The van der Waals surface area contributed by atoms with Gasteiger partial charge in [0.2, 0.25) is 0 Å². The quantitative estimate of drug-likeness (QED) is 0.794. The highest BCUT2D eigenvalue weighted by Crippen LogP contribution is 2.26. The van der Waals surface area contributed by atoms with Crippen molar-refractivity contribution in [2.75, 3.05) is 14.1 Å². The van der Waals surface area contributed by atoms with E-state index in [4.69, 9.17) is 0 Å². The van der Waals surface area contributed by atoms with Gasteiger partial charge in [-0.15, -0.1) is 0 Å². The van der Waals surface area contributed by atoms with Crippen LogP contribution in [0, 0.1) is 20.8 Å². The zero-order valence-electron chi connectivity index (χ0n) is 12.7. The Balaban J connectivity index is 2.37. The number of rotatable bonds is 2. The Morgan fingerprint density at radius 3 is 2.33 bits per heavy atom. The maximum Gasteiger partial charge on any atom is 0.367 e. The fraction of sp³-hybridized carbons (Fsp3) is 0.357. The Morgan fingerprint density at radius 1 is 1.24 bits per heavy atom. The van der Waals surface area contributed by atoms with E-state index in [1.165, 1.54) is 11.2 Å². The van der Waals surface area contributed by atoms with Crippen LogP contribution in [0.3, 0.4) is 0 Å². The molecule has 0 aliphatic carbocycles. The third kappa shape index (κ3) is 3.08. The first-order chi connectivity index (χ1) is 9.81. The van der Waals surface area contributed by atoms with Crippen molar-refractivity contribution in [1.82, 2.24) is 19.7 Å². The van der Waals surface area contributed by atoms with E-state index in [2.05, 4.69) is 10.1 Å². The maximum absolute atomic E-state index is 12.7. The standard InChI is InChI=1S/C14H18N4O2S/c1-9-6-10(2)12(11(3)7-9)21(20)13-15-8-18(16-13)14(19)17(4)5/h6-8H,1-5H3. The maximum atomic E-state index is 12.7. The molecular weight excluding hydrogens is 288 g/mol. The Bertz CT molecular complexity index is 658. The average molecular weight is 306 g/mol. The van der Waals surface area contributed by atoms with E-state index in [-0.39, 0.29) is 11.2 Å². The summed E-state index contributed by atoms with van der Waals surface area (Å²) in [6.07, 6.45) is 1.29. The van der Waals surface area contributed by atoms with Crippen molar-refractivity contribution in [2.45, 2.75) is 30.8 Å². The molecule has 1 amide bonds. The summed E-state index contributed by atoms with van der Waals surface area (Å²) >= 11 is -1.50. The van der Waals surface area contributed by atoms with Crippen LogP contribution in [0.5, 0.6) is 0 Å². The van der Waals surface area contributed by atoms with Gasteiger partial charge in [-0.3, -0.25) is 0 Å². The zero-order valence-corrected chi connectivity index (χ0v) is 13.6. The minimum atomic E-state index is -1.50. The molecule has 0 aliphatic heterocycles. The van der Waals surface area contributed by atoms with Crippen molar-refractivity contribution >= 4 is 17.2 Å². The van der Waals surface area contributed by atoms with Crippen LogP contribution in [0.4, 0.5) is 4.79 Å². The Hall–Kier alpha value is -1.86. The van der Waals surface area contributed by atoms with Crippen LogP contribution in [0.2, 0.25) is 0 Å². The minimum absolute atomic E-state index is 0.139. The van der Waals surface area contributed by atoms with Gasteiger partial charge in [-0.1, -0.05) is 22.8 Å². The Kier molecular flexibility index (Phi) is 4.34. The fourth-order valence-corrected chi connectivity index (χ4v) is 3.37. The number of hydrogen-bond donors (Lipinski definition) is 0. The van der Waals surface area contributed by atoms with Gasteiger partial charge in [0.15, 0.2) is 4.90 Å². The average Bonchev–Trinajstić information content (AvgIpc) is 2.85. The number of nitrogens with zero attached hydrogens (tertiary/aromatic N) is 4. The van der Waals surface area contributed by atoms with Gasteiger partial charge in [-0.2, -0.15) is 9.67 Å². The lowest BCUT2D eigenvalue weighted by Crippen LogP contribution is -2.27. The van der Waals surface area contributed by atoms with Crippen molar-refractivity contribution in [2.24, 2.45) is 0 Å². The van der Waals surface area contributed by atoms with E-state index in [0.717, 1.165) is 21.4 Å². The van der Waals surface area contributed by atoms with E-state index in [0.29, 0.717) is 4.90 Å². The molecule has 0 radical (unpaired) electrons. The van der Waals surface area contributed by atoms with Crippen LogP contribution in [0.25, 0.3) is 0 Å². The van der Waals surface area contributed by atoms with E-state index in [9.17, 15) is 9.35 Å². The number of amides is 1. The van der Waals surface area contributed by atoms with Crippen molar-refractivity contribution in [3.05, 3.63) is 35.2 Å². The van der Waals surface area contributed by atoms with Gasteiger partial charge in [0.1, 0.15) is 6.33 Å². The highest BCUT2D eigenvalue weighted by Gasteiger charge is 2.26. The highest BCUT2D eigenvalue weighted by molar-refractivity contribution is 7.91. The molecular formula is C14H18N4O2S. The summed E-state index contributed by atoms with van der Waals surface area (Å²) in [5.74, 6) is 0. The van der Waals surface area contributed by atoms with Gasteiger partial charge in [0.25, 0.3) is 0 Å². The van der Waals surface area contributed by atoms with E-state index in [1.54, 1.807) is 14.1 Å². The van der Waals surface area contributed by atoms with Gasteiger partial charge in [-0.25, -0.2) is 4.79 Å². The molecule has 7 heteroatoms. The van der Waals surface area contributed by atoms with Crippen LogP contribution in [0.1, 0.15) is 16.7 Å². The summed E-state index contributed by atoms with van der Waals surface area (Å²) in [6.45, 7) is 5.82. The molecule has 1 unspecified atom stereocenters. The molecule has 0 N–H and O–H groups in total. The summed E-state index contributed by atoms with van der Waals surface area (Å²) in [7, 11) is 3.24. The summed E-state index contributed by atoms with van der Waals surface area (Å²) in [5.41, 5.74) is 2.98. The van der Waals surface area contributed by atoms with Crippen molar-refractivity contribution in [1.29, 1.82) is 0 Å². The molecule has 0 saturated carbocycles. The minimum Gasteiger partial charge on any atom is -0.604 e. The molecule has 0 aliphatic rings. The van der Waals surface area contributed by atoms with E-state index >= 15 is 0 Å². The van der Waals surface area contributed by atoms with Gasteiger partial charge < -0.3 is 9.45 Å². The molecule has 1 aromatic carbocycles. The lowest BCUT2D eigenvalue weighted by Gasteiger charge is -2.12. The second-order valence-corrected chi connectivity index (χ2v) is 6.46. The molecule has 6 nitrogen and oxygen atoms in total. The molecule has 0 fully saturated rings. The molecule has 1 atom stereocenters. The third-order valence-electron chi connectivity index (χ3n) is 3.01. The van der Waals surface area contributed by atoms with Crippen LogP contribution < -0.4 is 0 Å². The number of hydrogen-bond acceptors (Lipinski definition) is 4. The predicted molar refractivity (Wildman–Crippen MR) is 79.8 cm³/mol. The highest BCUT2D eigenvalue weighted by atomic mass is 32.2. The van der Waals surface area contributed by atoms with Crippen LogP contribution in [0.15, 0.2) is 28.5 Å². The second kappa shape index (κ2) is 5.87. The van der Waals surface area contributed by atoms with Crippen molar-refractivity contribution in [3.63, 3.8) is 0 Å². The SMILES string of the molecule is Cc1cc(C)c([S+]([O-])c2ncn(C(=O)N(C)C)n2)c(C)c1. The smallest absolute Gasteiger partial charge is 0.367 e. The largest absolute Gasteiger partial charge is 0.604 e. The summed E-state index contributed by atoms with van der Waals surface area (Å²) in [4.78, 5) is 17.9. The van der Waals surface area contributed by atoms with Gasteiger partial charge >= 0.3 is 11.2 Å². The number of benzene rings is 1. The molecule has 0 saturated heterocycles. The molecule has 2 aromatic rings. The normalized spacial score (nSPS) is 12.3. The Morgan fingerprint density at radius 2 is 1.81 bits per heavy atom. The molecule has 1 aromatic heterocycles. The molecule has 1 heterocycles. The summed E-state index contributed by atoms with van der Waals surface area (Å²) < 4.78 is 13.7. The number of carbonyl (C=O) groups excluding carboxylic acids is 1. The van der Waals surface area contributed by atoms with Crippen LogP contribution in [-0.2, 0) is 11.2 Å². The molecule has 0 bridgehead atoms. The van der Waals surface area contributed by atoms with Gasteiger partial charge in [0.05, 0.1) is 11.2 Å². The number of aryl methyl sites for hydroxylation is 3. The van der Waals surface area contributed by atoms with E-state index < -0.39 is 11.2 Å². The van der Waals surface area contributed by atoms with Gasteiger partial charge in [0, 0.05) is 25.2 Å². The van der Waals surface area contributed by atoms with Crippen LogP contribution >= 0.6 is 0 Å². The number of carbonyl (C=O) groups is 1. The monoisotopic (exact) mass is 306 g/mol. The molecule has 2 rings (SSSR count). The third-order valence-corrected chi connectivity index (χ3v) is 4.54. The predicted octanol–water partition coefficient (Wildman–Crippen LogP) is 1.90. The topological polar surface area (TPSA) is 74.1 Å². The lowest BCUT2D eigenvalue weighted by molar-refractivity contribution is 0.215. The van der Waals surface area contributed by atoms with Crippen LogP contribution in [-0.4, -0.2) is 44.3 Å². The fourth-order valence-electron chi connectivity index (χ4n) is 2.18. The number of aromatic nitrogens is 3.